The molecule has 15 heavy (non-hydrogen) atoms. The molecule has 2 N–H and O–H groups in total. The van der Waals surface area contributed by atoms with Crippen LogP contribution < -0.4 is 5.32 Å². The molecule has 6 heteroatoms. The fourth-order valence-electron chi connectivity index (χ4n) is 0.877. The summed E-state index contributed by atoms with van der Waals surface area (Å²) in [5.74, 6) is 0.651. The predicted molar refractivity (Wildman–Crippen MR) is 64.4 cm³/mol. The highest BCUT2D eigenvalue weighted by molar-refractivity contribution is 8.00. The van der Waals surface area contributed by atoms with Crippen LogP contribution in [-0.4, -0.2) is 38.4 Å². The Balaban J connectivity index is 2.16. The number of aromatic nitrogens is 2. The van der Waals surface area contributed by atoms with Gasteiger partial charge >= 0.3 is 0 Å². The molecule has 1 rings (SSSR count). The summed E-state index contributed by atoms with van der Waals surface area (Å²) in [5, 5.41) is 12.9. The number of nitrogens with zero attached hydrogens (tertiary/aromatic N) is 2. The normalized spacial score (nSPS) is 14.1. The van der Waals surface area contributed by atoms with E-state index in [9.17, 15) is 5.11 Å². The average Bonchev–Trinajstić information content (AvgIpc) is 2.62. The van der Waals surface area contributed by atoms with E-state index in [4.69, 9.17) is 0 Å². The van der Waals surface area contributed by atoms with Crippen molar-refractivity contribution < 1.29 is 5.11 Å². The second-order valence-electron chi connectivity index (χ2n) is 4.30. The van der Waals surface area contributed by atoms with Crippen LogP contribution in [0.15, 0.2) is 10.7 Å². The van der Waals surface area contributed by atoms with Gasteiger partial charge in [-0.1, -0.05) is 11.8 Å². The van der Waals surface area contributed by atoms with Gasteiger partial charge in [0.15, 0.2) is 4.34 Å². The van der Waals surface area contributed by atoms with Gasteiger partial charge in [-0.2, -0.15) is 4.37 Å². The van der Waals surface area contributed by atoms with E-state index in [1.165, 1.54) is 17.9 Å². The fourth-order valence-corrected chi connectivity index (χ4v) is 2.27. The van der Waals surface area contributed by atoms with Gasteiger partial charge in [-0.25, -0.2) is 4.98 Å². The molecule has 0 bridgehead atoms. The number of rotatable bonds is 5. The van der Waals surface area contributed by atoms with Gasteiger partial charge in [0, 0.05) is 17.8 Å². The van der Waals surface area contributed by atoms with Crippen LogP contribution in [0.4, 0.5) is 0 Å². The Morgan fingerprint density at radius 3 is 2.87 bits per heavy atom. The van der Waals surface area contributed by atoms with Crippen molar-refractivity contribution in [2.75, 3.05) is 12.3 Å². The van der Waals surface area contributed by atoms with Crippen LogP contribution >= 0.6 is 23.3 Å². The average molecular weight is 247 g/mol. The van der Waals surface area contributed by atoms with Gasteiger partial charge in [0.2, 0.25) is 0 Å². The van der Waals surface area contributed by atoms with Crippen molar-refractivity contribution in [1.29, 1.82) is 0 Å². The summed E-state index contributed by atoms with van der Waals surface area (Å²) < 4.78 is 4.81. The van der Waals surface area contributed by atoms with Gasteiger partial charge in [-0.3, -0.25) is 0 Å². The number of nitrogens with one attached hydrogen (secondary N) is 1. The van der Waals surface area contributed by atoms with Gasteiger partial charge in [-0.15, -0.1) is 0 Å². The fraction of sp³-hybridized carbons (Fsp3) is 0.778. The van der Waals surface area contributed by atoms with E-state index in [-0.39, 0.29) is 11.6 Å². The Morgan fingerprint density at radius 2 is 2.33 bits per heavy atom. The van der Waals surface area contributed by atoms with Crippen molar-refractivity contribution in [3.63, 3.8) is 0 Å². The van der Waals surface area contributed by atoms with Gasteiger partial charge in [0.1, 0.15) is 6.33 Å². The highest BCUT2D eigenvalue weighted by atomic mass is 32.2. The van der Waals surface area contributed by atoms with Crippen LogP contribution in [0.3, 0.4) is 0 Å². The third-order valence-electron chi connectivity index (χ3n) is 1.61. The van der Waals surface area contributed by atoms with Crippen molar-refractivity contribution in [2.24, 2.45) is 0 Å². The zero-order chi connectivity index (χ0) is 11.3. The molecule has 0 radical (unpaired) electrons. The lowest BCUT2D eigenvalue weighted by Crippen LogP contribution is -2.41. The third kappa shape index (κ3) is 6.09. The van der Waals surface area contributed by atoms with Gasteiger partial charge < -0.3 is 10.4 Å². The number of aliphatic hydroxyl groups is 1. The number of aliphatic hydroxyl groups excluding tert-OH is 1. The third-order valence-corrected chi connectivity index (χ3v) is 3.55. The lowest BCUT2D eigenvalue weighted by Gasteiger charge is -2.22. The molecule has 0 fully saturated rings. The van der Waals surface area contributed by atoms with E-state index in [0.717, 1.165) is 4.34 Å². The second kappa shape index (κ2) is 5.79. The topological polar surface area (TPSA) is 58.0 Å². The molecule has 0 saturated heterocycles. The van der Waals surface area contributed by atoms with E-state index in [1.54, 1.807) is 11.8 Å². The Bertz CT molecular complexity index is 271. The first-order chi connectivity index (χ1) is 6.97. The number of hydrogen-bond acceptors (Lipinski definition) is 6. The molecule has 0 aromatic carbocycles. The first kappa shape index (κ1) is 12.9. The first-order valence-electron chi connectivity index (χ1n) is 4.80. The number of β-amino-alcohol motifs (C(OH)–C–C–N with tert-alkyl or cyclic N) is 1. The maximum Gasteiger partial charge on any atom is 0.169 e. The molecule has 0 amide bonds. The van der Waals surface area contributed by atoms with E-state index >= 15 is 0 Å². The maximum atomic E-state index is 9.68. The molecule has 0 saturated carbocycles. The van der Waals surface area contributed by atoms with Crippen LogP contribution in [-0.2, 0) is 0 Å². The smallest absolute Gasteiger partial charge is 0.169 e. The lowest BCUT2D eigenvalue weighted by molar-refractivity contribution is 0.183. The molecule has 1 heterocycles. The minimum atomic E-state index is -0.349. The van der Waals surface area contributed by atoms with E-state index in [2.05, 4.69) is 35.4 Å². The van der Waals surface area contributed by atoms with Gasteiger partial charge in [-0.05, 0) is 32.3 Å². The summed E-state index contributed by atoms with van der Waals surface area (Å²) in [6.45, 7) is 6.85. The summed E-state index contributed by atoms with van der Waals surface area (Å²) in [4.78, 5) is 4.04. The molecule has 0 aliphatic carbocycles. The van der Waals surface area contributed by atoms with Crippen LogP contribution in [0.25, 0.3) is 0 Å². The first-order valence-corrected chi connectivity index (χ1v) is 6.56. The minimum Gasteiger partial charge on any atom is -0.391 e. The highest BCUT2D eigenvalue weighted by Crippen LogP contribution is 2.18. The van der Waals surface area contributed by atoms with Crippen LogP contribution in [0.2, 0.25) is 0 Å². The van der Waals surface area contributed by atoms with Gasteiger partial charge in [0.05, 0.1) is 6.10 Å². The standard InChI is InChI=1S/C9H17N3OS2/c1-9(2,3)11-4-7(13)5-14-8-10-6-12-15-8/h6-7,11,13H,4-5H2,1-3H3. The van der Waals surface area contributed by atoms with Crippen molar-refractivity contribution in [3.05, 3.63) is 6.33 Å². The van der Waals surface area contributed by atoms with Crippen LogP contribution in [0.5, 0.6) is 0 Å². The quantitative estimate of drug-likeness (QED) is 0.770. The molecule has 0 aliphatic rings. The van der Waals surface area contributed by atoms with E-state index in [0.29, 0.717) is 12.3 Å². The number of hydrogen-bond donors (Lipinski definition) is 2. The van der Waals surface area contributed by atoms with E-state index in [1.807, 2.05) is 0 Å². The second-order valence-corrected chi connectivity index (χ2v) is 6.35. The molecule has 1 unspecified atom stereocenters. The SMILES string of the molecule is CC(C)(C)NCC(O)CSc1ncns1. The molecule has 4 nitrogen and oxygen atoms in total. The lowest BCUT2D eigenvalue weighted by atomic mass is 10.1. The van der Waals surface area contributed by atoms with Crippen molar-refractivity contribution in [1.82, 2.24) is 14.7 Å². The molecular weight excluding hydrogens is 230 g/mol. The molecule has 1 aromatic heterocycles. The molecule has 0 aliphatic heterocycles. The molecule has 0 spiro atoms. The Kier molecular flexibility index (Phi) is 4.98. The Morgan fingerprint density at radius 1 is 1.60 bits per heavy atom. The monoisotopic (exact) mass is 247 g/mol. The highest BCUT2D eigenvalue weighted by Gasteiger charge is 2.12. The molecular formula is C9H17N3OS2. The van der Waals surface area contributed by atoms with Crippen molar-refractivity contribution in [3.8, 4) is 0 Å². The van der Waals surface area contributed by atoms with Crippen LogP contribution in [0.1, 0.15) is 20.8 Å². The van der Waals surface area contributed by atoms with Crippen molar-refractivity contribution >= 4 is 23.3 Å². The molecule has 1 atom stereocenters. The Labute approximate surface area is 98.7 Å². The molecule has 86 valence electrons. The van der Waals surface area contributed by atoms with E-state index < -0.39 is 0 Å². The summed E-state index contributed by atoms with van der Waals surface area (Å²) >= 11 is 2.90. The predicted octanol–water partition coefficient (Wildman–Crippen LogP) is 1.38. The zero-order valence-corrected chi connectivity index (χ0v) is 10.9. The zero-order valence-electron chi connectivity index (χ0n) is 9.23. The van der Waals surface area contributed by atoms with Crippen molar-refractivity contribution in [2.45, 2.75) is 36.8 Å². The minimum absolute atomic E-state index is 0.0500. The summed E-state index contributed by atoms with van der Waals surface area (Å²) in [5.41, 5.74) is 0.0500. The van der Waals surface area contributed by atoms with Gasteiger partial charge in [0.25, 0.3) is 0 Å². The summed E-state index contributed by atoms with van der Waals surface area (Å²) in [6, 6.07) is 0. The maximum absolute atomic E-state index is 9.68. The largest absolute Gasteiger partial charge is 0.391 e. The number of thioether (sulfide) groups is 1. The molecule has 1 aromatic rings. The van der Waals surface area contributed by atoms with Crippen LogP contribution in [0, 0.1) is 0 Å². The summed E-state index contributed by atoms with van der Waals surface area (Å²) in [7, 11) is 0. The Hall–Kier alpha value is -0.170. The summed E-state index contributed by atoms with van der Waals surface area (Å²) in [6.07, 6.45) is 1.19.